The van der Waals surface area contributed by atoms with E-state index >= 15 is 0 Å². The predicted octanol–water partition coefficient (Wildman–Crippen LogP) is 3.60. The van der Waals surface area contributed by atoms with Gasteiger partial charge in [-0.3, -0.25) is 15.0 Å². The van der Waals surface area contributed by atoms with Crippen LogP contribution < -0.4 is 0 Å². The van der Waals surface area contributed by atoms with E-state index in [-0.39, 0.29) is 0 Å². The lowest BCUT2D eigenvalue weighted by Gasteiger charge is -2.28. The Balaban J connectivity index is 1.58. The molecule has 2 aliphatic rings. The maximum absolute atomic E-state index is 4.46. The second kappa shape index (κ2) is 6.40. The van der Waals surface area contributed by atoms with Gasteiger partial charge in [-0.25, -0.2) is 0 Å². The summed E-state index contributed by atoms with van der Waals surface area (Å²) >= 11 is 0. The molecule has 3 heterocycles. The highest BCUT2D eigenvalue weighted by Gasteiger charge is 2.41. The van der Waals surface area contributed by atoms with Crippen molar-refractivity contribution in [2.45, 2.75) is 19.5 Å². The number of hydrogen-bond acceptors (Lipinski definition) is 4. The van der Waals surface area contributed by atoms with Gasteiger partial charge >= 0.3 is 0 Å². The molecule has 1 aliphatic heterocycles. The molecule has 4 heteroatoms. The van der Waals surface area contributed by atoms with Crippen LogP contribution in [0.2, 0.25) is 0 Å². The van der Waals surface area contributed by atoms with E-state index in [1.165, 1.54) is 12.0 Å². The van der Waals surface area contributed by atoms with E-state index in [0.717, 1.165) is 17.1 Å². The van der Waals surface area contributed by atoms with Crippen LogP contribution in [0.5, 0.6) is 0 Å². The van der Waals surface area contributed by atoms with Crippen molar-refractivity contribution in [3.05, 3.63) is 84.2 Å². The van der Waals surface area contributed by atoms with Crippen LogP contribution >= 0.6 is 0 Å². The van der Waals surface area contributed by atoms with E-state index in [2.05, 4.69) is 32.7 Å². The van der Waals surface area contributed by atoms with Gasteiger partial charge in [-0.2, -0.15) is 0 Å². The minimum Gasteiger partial charge on any atom is -0.360 e. The van der Waals surface area contributed by atoms with Crippen LogP contribution in [0.3, 0.4) is 0 Å². The zero-order valence-electron chi connectivity index (χ0n) is 13.5. The summed E-state index contributed by atoms with van der Waals surface area (Å²) in [5.41, 5.74) is 4.36. The Morgan fingerprint density at radius 1 is 1.04 bits per heavy atom. The van der Waals surface area contributed by atoms with Crippen LogP contribution in [0.4, 0.5) is 0 Å². The van der Waals surface area contributed by atoms with Crippen molar-refractivity contribution in [1.82, 2.24) is 14.9 Å². The summed E-state index contributed by atoms with van der Waals surface area (Å²) in [5, 5.41) is 0. The number of aliphatic imine (C=N–C) groups is 1. The first-order valence-corrected chi connectivity index (χ1v) is 8.28. The third kappa shape index (κ3) is 3.13. The van der Waals surface area contributed by atoms with Gasteiger partial charge < -0.3 is 4.90 Å². The molecular weight excluding hydrogens is 296 g/mol. The maximum Gasteiger partial charge on any atom is 0.0606 e. The summed E-state index contributed by atoms with van der Waals surface area (Å²) in [6.07, 6.45) is 8.88. The molecule has 24 heavy (non-hydrogen) atoms. The average molecular weight is 316 g/mol. The lowest BCUT2D eigenvalue weighted by molar-refractivity contribution is 0.325. The highest BCUT2D eigenvalue weighted by atomic mass is 15.2. The van der Waals surface area contributed by atoms with E-state index in [4.69, 9.17) is 0 Å². The number of aromatic nitrogens is 2. The summed E-state index contributed by atoms with van der Waals surface area (Å²) in [5.74, 6) is 1.19. The van der Waals surface area contributed by atoms with Crippen molar-refractivity contribution >= 4 is 6.21 Å². The van der Waals surface area contributed by atoms with Gasteiger partial charge in [-0.1, -0.05) is 18.7 Å². The molecule has 4 rings (SSSR count). The first-order chi connectivity index (χ1) is 11.8. The van der Waals surface area contributed by atoms with Crippen LogP contribution in [0, 0.1) is 11.8 Å². The SMILES string of the molecule is C=C(C1=CN=CC2CC12)N(Cc1ccccn1)Cc1ccccn1. The van der Waals surface area contributed by atoms with Crippen molar-refractivity contribution in [3.8, 4) is 0 Å². The van der Waals surface area contributed by atoms with Gasteiger partial charge in [0.25, 0.3) is 0 Å². The quantitative estimate of drug-likeness (QED) is 0.817. The van der Waals surface area contributed by atoms with Gasteiger partial charge in [-0.05, 0) is 42.2 Å². The van der Waals surface area contributed by atoms with E-state index in [1.54, 1.807) is 0 Å². The molecule has 0 saturated heterocycles. The summed E-state index contributed by atoms with van der Waals surface area (Å²) in [7, 11) is 0. The Hall–Kier alpha value is -2.75. The van der Waals surface area contributed by atoms with Crippen LogP contribution in [0.1, 0.15) is 17.8 Å². The zero-order valence-corrected chi connectivity index (χ0v) is 13.5. The van der Waals surface area contributed by atoms with Crippen LogP contribution in [0.15, 0.2) is 77.8 Å². The molecule has 1 fully saturated rings. The fraction of sp³-hybridized carbons (Fsp3) is 0.250. The zero-order chi connectivity index (χ0) is 16.4. The molecule has 0 aromatic carbocycles. The van der Waals surface area contributed by atoms with Crippen molar-refractivity contribution in [2.75, 3.05) is 0 Å². The number of fused-ring (bicyclic) bond motifs is 1. The van der Waals surface area contributed by atoms with Gasteiger partial charge in [0.2, 0.25) is 0 Å². The number of pyridine rings is 2. The molecule has 0 N–H and O–H groups in total. The molecule has 2 aromatic rings. The molecule has 0 radical (unpaired) electrons. The minimum atomic E-state index is 0.588. The molecular formula is C20H20N4. The summed E-state index contributed by atoms with van der Waals surface area (Å²) in [6, 6.07) is 12.0. The average Bonchev–Trinajstić information content (AvgIpc) is 3.42. The van der Waals surface area contributed by atoms with Gasteiger partial charge in [0.05, 0.1) is 24.5 Å². The van der Waals surface area contributed by atoms with Gasteiger partial charge in [0.1, 0.15) is 0 Å². The monoisotopic (exact) mass is 316 g/mol. The standard InChI is InChI=1S/C20H20N4/c1-15(20-12-21-11-16-10-19(16)20)24(13-17-6-2-4-8-22-17)14-18-7-3-5-9-23-18/h2-9,11-12,16,19H,1,10,13-14H2. The lowest BCUT2D eigenvalue weighted by atomic mass is 10.0. The fourth-order valence-corrected chi connectivity index (χ4v) is 3.16. The van der Waals surface area contributed by atoms with Gasteiger partial charge in [-0.15, -0.1) is 0 Å². The smallest absolute Gasteiger partial charge is 0.0606 e. The molecule has 2 unspecified atom stereocenters. The van der Waals surface area contributed by atoms with Gasteiger partial charge in [0, 0.05) is 36.4 Å². The van der Waals surface area contributed by atoms with Crippen molar-refractivity contribution in [1.29, 1.82) is 0 Å². The number of rotatable bonds is 6. The first kappa shape index (κ1) is 14.8. The second-order valence-electron chi connectivity index (χ2n) is 6.33. The Kier molecular flexibility index (Phi) is 3.95. The van der Waals surface area contributed by atoms with E-state index < -0.39 is 0 Å². The number of hydrogen-bond donors (Lipinski definition) is 0. The molecule has 1 aliphatic carbocycles. The highest BCUT2D eigenvalue weighted by molar-refractivity contribution is 5.70. The molecule has 2 atom stereocenters. The first-order valence-electron chi connectivity index (χ1n) is 8.28. The third-order valence-electron chi connectivity index (χ3n) is 4.60. The van der Waals surface area contributed by atoms with Crippen LogP contribution in [-0.2, 0) is 13.1 Å². The molecule has 0 spiro atoms. The molecule has 4 nitrogen and oxygen atoms in total. The molecule has 0 bridgehead atoms. The topological polar surface area (TPSA) is 41.4 Å². The summed E-state index contributed by atoms with van der Waals surface area (Å²) in [4.78, 5) is 15.6. The predicted molar refractivity (Wildman–Crippen MR) is 95.0 cm³/mol. The third-order valence-corrected chi connectivity index (χ3v) is 4.60. The Labute approximate surface area is 142 Å². The van der Waals surface area contributed by atoms with E-state index in [9.17, 15) is 0 Å². The van der Waals surface area contributed by atoms with Crippen molar-refractivity contribution in [2.24, 2.45) is 16.8 Å². The largest absolute Gasteiger partial charge is 0.360 e. The maximum atomic E-state index is 4.46. The van der Waals surface area contributed by atoms with E-state index in [0.29, 0.717) is 24.9 Å². The Bertz CT molecular complexity index is 738. The van der Waals surface area contributed by atoms with E-state index in [1.807, 2.05) is 55.0 Å². The Morgan fingerprint density at radius 3 is 2.29 bits per heavy atom. The molecule has 120 valence electrons. The summed E-state index contributed by atoms with van der Waals surface area (Å²) < 4.78 is 0. The number of allylic oxidation sites excluding steroid dienone is 1. The van der Waals surface area contributed by atoms with Crippen molar-refractivity contribution < 1.29 is 0 Å². The molecule has 0 amide bonds. The molecule has 2 aromatic heterocycles. The fourth-order valence-electron chi connectivity index (χ4n) is 3.16. The second-order valence-corrected chi connectivity index (χ2v) is 6.33. The Morgan fingerprint density at radius 2 is 1.71 bits per heavy atom. The van der Waals surface area contributed by atoms with Crippen LogP contribution in [0.25, 0.3) is 0 Å². The minimum absolute atomic E-state index is 0.588. The van der Waals surface area contributed by atoms with Crippen molar-refractivity contribution in [3.63, 3.8) is 0 Å². The lowest BCUT2D eigenvalue weighted by Crippen LogP contribution is -2.24. The molecule has 1 saturated carbocycles. The number of nitrogens with zero attached hydrogens (tertiary/aromatic N) is 4. The van der Waals surface area contributed by atoms with Crippen LogP contribution in [-0.4, -0.2) is 21.1 Å². The highest BCUT2D eigenvalue weighted by Crippen LogP contribution is 2.47. The summed E-state index contributed by atoms with van der Waals surface area (Å²) in [6.45, 7) is 5.81. The van der Waals surface area contributed by atoms with Gasteiger partial charge in [0.15, 0.2) is 0 Å². The normalized spacial score (nSPS) is 20.9.